The standard InChI is InChI=1S/C17H25N3O3/c1-4-9-19-15(21)11-20-13-10-12(18)7-8-14(13)23-17(5-2,6-3)16(20)22/h7-8,10H,4-6,9,11,18H2,1-3H3,(H,19,21). The zero-order valence-electron chi connectivity index (χ0n) is 14.0. The van der Waals surface area contributed by atoms with Crippen molar-refractivity contribution in [3.05, 3.63) is 18.2 Å². The van der Waals surface area contributed by atoms with E-state index in [0.29, 0.717) is 36.5 Å². The highest BCUT2D eigenvalue weighted by Gasteiger charge is 2.46. The average Bonchev–Trinajstić information content (AvgIpc) is 2.56. The predicted octanol–water partition coefficient (Wildman–Crippen LogP) is 2.08. The van der Waals surface area contributed by atoms with Crippen molar-refractivity contribution < 1.29 is 14.3 Å². The van der Waals surface area contributed by atoms with Gasteiger partial charge in [0.05, 0.1) is 5.69 Å². The molecule has 1 aliphatic rings. The summed E-state index contributed by atoms with van der Waals surface area (Å²) in [6.07, 6.45) is 1.93. The molecular formula is C17H25N3O3. The molecule has 0 unspecified atom stereocenters. The first kappa shape index (κ1) is 17.1. The molecule has 1 heterocycles. The number of fused-ring (bicyclic) bond motifs is 1. The molecular weight excluding hydrogens is 294 g/mol. The van der Waals surface area contributed by atoms with Crippen LogP contribution in [0.1, 0.15) is 40.0 Å². The lowest BCUT2D eigenvalue weighted by atomic mass is 9.92. The van der Waals surface area contributed by atoms with Gasteiger partial charge in [-0.15, -0.1) is 0 Å². The van der Waals surface area contributed by atoms with E-state index >= 15 is 0 Å². The highest BCUT2D eigenvalue weighted by molar-refractivity contribution is 6.06. The summed E-state index contributed by atoms with van der Waals surface area (Å²) in [5.74, 6) is 0.217. The van der Waals surface area contributed by atoms with E-state index in [1.54, 1.807) is 18.2 Å². The smallest absolute Gasteiger partial charge is 0.271 e. The average molecular weight is 319 g/mol. The third kappa shape index (κ3) is 3.25. The first-order valence-corrected chi connectivity index (χ1v) is 8.14. The van der Waals surface area contributed by atoms with Crippen molar-refractivity contribution in [2.45, 2.75) is 45.6 Å². The van der Waals surface area contributed by atoms with Gasteiger partial charge in [-0.3, -0.25) is 14.5 Å². The Kier molecular flexibility index (Phi) is 5.13. The Morgan fingerprint density at radius 1 is 1.30 bits per heavy atom. The molecule has 126 valence electrons. The fraction of sp³-hybridized carbons (Fsp3) is 0.529. The maximum atomic E-state index is 13.0. The lowest BCUT2D eigenvalue weighted by molar-refractivity contribution is -0.137. The number of hydrogen-bond donors (Lipinski definition) is 2. The van der Waals surface area contributed by atoms with Crippen LogP contribution in [0.5, 0.6) is 5.75 Å². The maximum absolute atomic E-state index is 13.0. The van der Waals surface area contributed by atoms with Gasteiger partial charge in [-0.2, -0.15) is 0 Å². The summed E-state index contributed by atoms with van der Waals surface area (Å²) >= 11 is 0. The molecule has 0 spiro atoms. The number of rotatable bonds is 6. The SMILES string of the molecule is CCCNC(=O)CN1C(=O)C(CC)(CC)Oc2ccc(N)cc21. The molecule has 2 amide bonds. The van der Waals surface area contributed by atoms with E-state index in [-0.39, 0.29) is 18.4 Å². The van der Waals surface area contributed by atoms with E-state index in [1.165, 1.54) is 4.90 Å². The number of nitrogen functional groups attached to an aromatic ring is 1. The number of carbonyl (C=O) groups excluding carboxylic acids is 2. The van der Waals surface area contributed by atoms with Gasteiger partial charge in [-0.1, -0.05) is 20.8 Å². The maximum Gasteiger partial charge on any atom is 0.271 e. The first-order valence-electron chi connectivity index (χ1n) is 8.14. The summed E-state index contributed by atoms with van der Waals surface area (Å²) < 4.78 is 6.00. The number of nitrogens with two attached hydrogens (primary N) is 1. The summed E-state index contributed by atoms with van der Waals surface area (Å²) in [7, 11) is 0. The van der Waals surface area contributed by atoms with Crippen molar-refractivity contribution in [1.82, 2.24) is 5.32 Å². The van der Waals surface area contributed by atoms with E-state index < -0.39 is 5.60 Å². The lowest BCUT2D eigenvalue weighted by Crippen LogP contribution is -2.57. The molecule has 0 radical (unpaired) electrons. The monoisotopic (exact) mass is 319 g/mol. The fourth-order valence-corrected chi connectivity index (χ4v) is 2.76. The number of ether oxygens (including phenoxy) is 1. The Balaban J connectivity index is 2.39. The molecule has 0 atom stereocenters. The molecule has 0 aliphatic carbocycles. The molecule has 0 saturated carbocycles. The quantitative estimate of drug-likeness (QED) is 0.786. The second-order valence-electron chi connectivity index (χ2n) is 5.77. The molecule has 6 heteroatoms. The molecule has 23 heavy (non-hydrogen) atoms. The molecule has 1 aromatic rings. The summed E-state index contributed by atoms with van der Waals surface area (Å²) in [5, 5.41) is 2.80. The van der Waals surface area contributed by atoms with Crippen molar-refractivity contribution in [2.75, 3.05) is 23.7 Å². The van der Waals surface area contributed by atoms with Crippen LogP contribution in [0.4, 0.5) is 11.4 Å². The number of benzene rings is 1. The minimum Gasteiger partial charge on any atom is -0.475 e. The number of anilines is 2. The van der Waals surface area contributed by atoms with Crippen LogP contribution in [-0.2, 0) is 9.59 Å². The van der Waals surface area contributed by atoms with Crippen molar-refractivity contribution >= 4 is 23.2 Å². The second kappa shape index (κ2) is 6.89. The zero-order chi connectivity index (χ0) is 17.0. The van der Waals surface area contributed by atoms with E-state index in [2.05, 4.69) is 5.32 Å². The van der Waals surface area contributed by atoms with Crippen LogP contribution in [0.15, 0.2) is 18.2 Å². The zero-order valence-corrected chi connectivity index (χ0v) is 14.0. The largest absolute Gasteiger partial charge is 0.475 e. The van der Waals surface area contributed by atoms with Crippen molar-refractivity contribution in [1.29, 1.82) is 0 Å². The molecule has 0 aromatic heterocycles. The molecule has 6 nitrogen and oxygen atoms in total. The van der Waals surface area contributed by atoms with Gasteiger partial charge in [0.1, 0.15) is 12.3 Å². The van der Waals surface area contributed by atoms with E-state index in [1.807, 2.05) is 20.8 Å². The Morgan fingerprint density at radius 3 is 2.61 bits per heavy atom. The van der Waals surface area contributed by atoms with Gasteiger partial charge in [-0.05, 0) is 37.5 Å². The van der Waals surface area contributed by atoms with Crippen LogP contribution >= 0.6 is 0 Å². The van der Waals surface area contributed by atoms with E-state index in [9.17, 15) is 9.59 Å². The molecule has 0 bridgehead atoms. The Labute approximate surface area is 137 Å². The van der Waals surface area contributed by atoms with Crippen LogP contribution < -0.4 is 20.7 Å². The Morgan fingerprint density at radius 2 is 2.00 bits per heavy atom. The van der Waals surface area contributed by atoms with Crippen molar-refractivity contribution in [3.8, 4) is 5.75 Å². The normalized spacial score (nSPS) is 15.8. The van der Waals surface area contributed by atoms with E-state index in [0.717, 1.165) is 6.42 Å². The van der Waals surface area contributed by atoms with Crippen LogP contribution in [0.25, 0.3) is 0 Å². The Bertz CT molecular complexity index is 597. The highest BCUT2D eigenvalue weighted by Crippen LogP contribution is 2.41. The molecule has 0 saturated heterocycles. The topological polar surface area (TPSA) is 84.7 Å². The van der Waals surface area contributed by atoms with Gasteiger partial charge in [0.15, 0.2) is 5.60 Å². The molecule has 3 N–H and O–H groups in total. The van der Waals surface area contributed by atoms with Gasteiger partial charge in [0.25, 0.3) is 5.91 Å². The summed E-state index contributed by atoms with van der Waals surface area (Å²) in [6.45, 7) is 6.38. The van der Waals surface area contributed by atoms with Crippen molar-refractivity contribution in [3.63, 3.8) is 0 Å². The van der Waals surface area contributed by atoms with Crippen molar-refractivity contribution in [2.24, 2.45) is 0 Å². The van der Waals surface area contributed by atoms with Crippen LogP contribution in [0, 0.1) is 0 Å². The molecule has 1 aromatic carbocycles. The van der Waals surface area contributed by atoms with Crippen LogP contribution in [0.2, 0.25) is 0 Å². The summed E-state index contributed by atoms with van der Waals surface area (Å²) in [5.41, 5.74) is 6.00. The minimum absolute atomic E-state index is 0.0274. The number of hydrogen-bond acceptors (Lipinski definition) is 4. The number of nitrogens with one attached hydrogen (secondary N) is 1. The molecule has 2 rings (SSSR count). The summed E-state index contributed by atoms with van der Waals surface area (Å²) in [4.78, 5) is 26.6. The van der Waals surface area contributed by atoms with Gasteiger partial charge in [0.2, 0.25) is 5.91 Å². The first-order chi connectivity index (χ1) is 11.0. The van der Waals surface area contributed by atoms with Gasteiger partial charge < -0.3 is 15.8 Å². The number of nitrogens with zero attached hydrogens (tertiary/aromatic N) is 1. The molecule has 0 fully saturated rings. The van der Waals surface area contributed by atoms with E-state index in [4.69, 9.17) is 10.5 Å². The Hall–Kier alpha value is -2.24. The van der Waals surface area contributed by atoms with Crippen LogP contribution in [-0.4, -0.2) is 30.5 Å². The second-order valence-corrected chi connectivity index (χ2v) is 5.77. The third-order valence-corrected chi connectivity index (χ3v) is 4.23. The predicted molar refractivity (Wildman–Crippen MR) is 90.4 cm³/mol. The van der Waals surface area contributed by atoms with Gasteiger partial charge >= 0.3 is 0 Å². The lowest BCUT2D eigenvalue weighted by Gasteiger charge is -2.41. The minimum atomic E-state index is -0.922. The highest BCUT2D eigenvalue weighted by atomic mass is 16.5. The van der Waals surface area contributed by atoms with Gasteiger partial charge in [-0.25, -0.2) is 0 Å². The number of carbonyl (C=O) groups is 2. The van der Waals surface area contributed by atoms with Crippen LogP contribution in [0.3, 0.4) is 0 Å². The molecule has 1 aliphatic heterocycles. The third-order valence-electron chi connectivity index (χ3n) is 4.23. The summed E-state index contributed by atoms with van der Waals surface area (Å²) in [6, 6.07) is 5.17. The number of amides is 2. The fourth-order valence-electron chi connectivity index (χ4n) is 2.76. The van der Waals surface area contributed by atoms with Gasteiger partial charge in [0, 0.05) is 12.2 Å².